The second-order valence-corrected chi connectivity index (χ2v) is 2.34. The molecule has 0 atom stereocenters. The van der Waals surface area contributed by atoms with Gasteiger partial charge in [0.25, 0.3) is 0 Å². The fourth-order valence-corrected chi connectivity index (χ4v) is 0.914. The van der Waals surface area contributed by atoms with Gasteiger partial charge in [0, 0.05) is 5.56 Å². The van der Waals surface area contributed by atoms with Gasteiger partial charge in [0.2, 0.25) is 0 Å². The van der Waals surface area contributed by atoms with Crippen LogP contribution in [-0.4, -0.2) is 12.9 Å². The van der Waals surface area contributed by atoms with Gasteiger partial charge in [-0.2, -0.15) is 0 Å². The van der Waals surface area contributed by atoms with Crippen LogP contribution in [0.2, 0.25) is 0 Å². The van der Waals surface area contributed by atoms with Gasteiger partial charge in [-0.3, -0.25) is 4.79 Å². The molecule has 0 amide bonds. The number of carbonyl (C=O) groups is 1. The molecular formula is C11H10O2. The summed E-state index contributed by atoms with van der Waals surface area (Å²) in [5.74, 6) is 5.85. The lowest BCUT2D eigenvalue weighted by molar-refractivity contribution is -0.103. The third-order valence-corrected chi connectivity index (χ3v) is 1.44. The monoisotopic (exact) mass is 174 g/mol. The highest BCUT2D eigenvalue weighted by atomic mass is 16.5. The molecule has 0 aromatic heterocycles. The summed E-state index contributed by atoms with van der Waals surface area (Å²) in [7, 11) is 0. The lowest BCUT2D eigenvalue weighted by Crippen LogP contribution is -1.90. The van der Waals surface area contributed by atoms with Crippen LogP contribution in [0.15, 0.2) is 24.3 Å². The molecule has 0 N–H and O–H groups in total. The average Bonchev–Trinajstić information content (AvgIpc) is 2.17. The van der Waals surface area contributed by atoms with Gasteiger partial charge in [-0.1, -0.05) is 5.92 Å². The van der Waals surface area contributed by atoms with E-state index in [-0.39, 0.29) is 0 Å². The molecule has 66 valence electrons. The van der Waals surface area contributed by atoms with Gasteiger partial charge in [0.1, 0.15) is 5.75 Å². The molecule has 0 heterocycles. The Balaban J connectivity index is 2.74. The van der Waals surface area contributed by atoms with Gasteiger partial charge in [-0.05, 0) is 37.1 Å². The summed E-state index contributed by atoms with van der Waals surface area (Å²) in [5, 5.41) is 0. The first-order valence-electron chi connectivity index (χ1n) is 4.05. The van der Waals surface area contributed by atoms with Gasteiger partial charge >= 0.3 is 0 Å². The summed E-state index contributed by atoms with van der Waals surface area (Å²) >= 11 is 0. The van der Waals surface area contributed by atoms with Crippen LogP contribution in [0.3, 0.4) is 0 Å². The molecule has 1 aromatic carbocycles. The summed E-state index contributed by atoms with van der Waals surface area (Å²) in [6, 6.07) is 7.31. The zero-order valence-electron chi connectivity index (χ0n) is 7.41. The summed E-state index contributed by atoms with van der Waals surface area (Å²) in [6.45, 7) is 2.58. The van der Waals surface area contributed by atoms with Gasteiger partial charge in [-0.15, -0.1) is 0 Å². The Hall–Kier alpha value is -1.75. The molecule has 0 unspecified atom stereocenters. The molecule has 0 aliphatic heterocycles. The van der Waals surface area contributed by atoms with E-state index in [9.17, 15) is 4.79 Å². The molecule has 0 aliphatic rings. The maximum Gasteiger partial charge on any atom is 0.193 e. The van der Waals surface area contributed by atoms with Crippen LogP contribution in [0.5, 0.6) is 5.75 Å². The predicted octanol–water partition coefficient (Wildman–Crippen LogP) is 1.64. The third kappa shape index (κ3) is 3.00. The van der Waals surface area contributed by atoms with Crippen molar-refractivity contribution in [2.45, 2.75) is 6.92 Å². The quantitative estimate of drug-likeness (QED) is 0.503. The van der Waals surface area contributed by atoms with Gasteiger partial charge in [0.15, 0.2) is 6.29 Å². The largest absolute Gasteiger partial charge is 0.494 e. The molecule has 0 fully saturated rings. The third-order valence-electron chi connectivity index (χ3n) is 1.44. The molecule has 0 bridgehead atoms. The zero-order chi connectivity index (χ0) is 9.52. The highest BCUT2D eigenvalue weighted by Gasteiger charge is 1.90. The van der Waals surface area contributed by atoms with E-state index in [2.05, 4.69) is 11.8 Å². The highest BCUT2D eigenvalue weighted by molar-refractivity contribution is 5.73. The lowest BCUT2D eigenvalue weighted by atomic mass is 10.2. The first kappa shape index (κ1) is 9.34. The van der Waals surface area contributed by atoms with E-state index in [1.807, 2.05) is 31.2 Å². The Labute approximate surface area is 77.5 Å². The van der Waals surface area contributed by atoms with Crippen LogP contribution in [0.1, 0.15) is 12.5 Å². The van der Waals surface area contributed by atoms with Crippen LogP contribution in [0.4, 0.5) is 0 Å². The predicted molar refractivity (Wildman–Crippen MR) is 50.6 cm³/mol. The zero-order valence-corrected chi connectivity index (χ0v) is 7.41. The maximum absolute atomic E-state index is 9.95. The molecule has 0 aliphatic carbocycles. The number of carbonyl (C=O) groups excluding carboxylic acids is 1. The minimum absolute atomic E-state index is 0.580. The van der Waals surface area contributed by atoms with Crippen molar-refractivity contribution in [3.05, 3.63) is 29.8 Å². The first-order valence-corrected chi connectivity index (χ1v) is 4.05. The normalized spacial score (nSPS) is 8.38. The number of hydrogen-bond donors (Lipinski definition) is 0. The van der Waals surface area contributed by atoms with Crippen molar-refractivity contribution in [1.29, 1.82) is 0 Å². The number of ether oxygens (including phenoxy) is 1. The summed E-state index contributed by atoms with van der Waals surface area (Å²) in [5.41, 5.74) is 0.815. The van der Waals surface area contributed by atoms with Crippen LogP contribution in [0, 0.1) is 11.8 Å². The number of hydrogen-bond acceptors (Lipinski definition) is 2. The van der Waals surface area contributed by atoms with Crippen molar-refractivity contribution >= 4 is 6.29 Å². The molecule has 13 heavy (non-hydrogen) atoms. The van der Waals surface area contributed by atoms with Crippen molar-refractivity contribution in [3.63, 3.8) is 0 Å². The molecule has 0 saturated carbocycles. The number of rotatable bonds is 2. The fourth-order valence-electron chi connectivity index (χ4n) is 0.914. The van der Waals surface area contributed by atoms with Crippen LogP contribution in [-0.2, 0) is 4.79 Å². The minimum Gasteiger partial charge on any atom is -0.494 e. The second kappa shape index (κ2) is 5.00. The highest BCUT2D eigenvalue weighted by Crippen LogP contribution is 2.10. The Morgan fingerprint density at radius 2 is 2.08 bits per heavy atom. The number of benzene rings is 1. The average molecular weight is 174 g/mol. The molecule has 0 saturated heterocycles. The van der Waals surface area contributed by atoms with E-state index >= 15 is 0 Å². The van der Waals surface area contributed by atoms with Gasteiger partial charge < -0.3 is 4.74 Å². The summed E-state index contributed by atoms with van der Waals surface area (Å²) in [6.07, 6.45) is 0.580. The van der Waals surface area contributed by atoms with Gasteiger partial charge in [-0.25, -0.2) is 0 Å². The topological polar surface area (TPSA) is 26.3 Å². The standard InChI is InChI=1S/C11H10O2/c1-2-13-11-7-5-10(6-8-11)4-3-9-12/h5-9H,2H2,1H3. The fraction of sp³-hybridized carbons (Fsp3) is 0.182. The lowest BCUT2D eigenvalue weighted by Gasteiger charge is -2.00. The Morgan fingerprint density at radius 3 is 2.62 bits per heavy atom. The molecule has 2 heteroatoms. The second-order valence-electron chi connectivity index (χ2n) is 2.34. The molecule has 0 radical (unpaired) electrons. The van der Waals surface area contributed by atoms with Crippen molar-refractivity contribution < 1.29 is 9.53 Å². The van der Waals surface area contributed by atoms with Crippen LogP contribution < -0.4 is 4.74 Å². The van der Waals surface area contributed by atoms with E-state index in [0.29, 0.717) is 12.9 Å². The van der Waals surface area contributed by atoms with E-state index in [4.69, 9.17) is 4.74 Å². The SMILES string of the molecule is CCOc1ccc(C#CC=O)cc1. The van der Waals surface area contributed by atoms with E-state index in [1.165, 1.54) is 0 Å². The Bertz CT molecular complexity index is 327. The molecule has 1 aromatic rings. The number of aldehydes is 1. The Kier molecular flexibility index (Phi) is 3.59. The smallest absolute Gasteiger partial charge is 0.193 e. The summed E-state index contributed by atoms with van der Waals surface area (Å²) in [4.78, 5) is 9.95. The van der Waals surface area contributed by atoms with Crippen molar-refractivity contribution in [2.75, 3.05) is 6.61 Å². The van der Waals surface area contributed by atoms with Crippen molar-refractivity contribution in [3.8, 4) is 17.6 Å². The van der Waals surface area contributed by atoms with Crippen LogP contribution in [0.25, 0.3) is 0 Å². The van der Waals surface area contributed by atoms with E-state index in [1.54, 1.807) is 0 Å². The molecule has 2 nitrogen and oxygen atoms in total. The van der Waals surface area contributed by atoms with E-state index in [0.717, 1.165) is 11.3 Å². The summed E-state index contributed by atoms with van der Waals surface area (Å²) < 4.78 is 5.25. The minimum atomic E-state index is 0.580. The molecule has 0 spiro atoms. The first-order chi connectivity index (χ1) is 6.36. The van der Waals surface area contributed by atoms with Gasteiger partial charge in [0.05, 0.1) is 6.61 Å². The van der Waals surface area contributed by atoms with Crippen molar-refractivity contribution in [1.82, 2.24) is 0 Å². The molecular weight excluding hydrogens is 164 g/mol. The van der Waals surface area contributed by atoms with E-state index < -0.39 is 0 Å². The van der Waals surface area contributed by atoms with Crippen molar-refractivity contribution in [2.24, 2.45) is 0 Å². The Morgan fingerprint density at radius 1 is 1.38 bits per heavy atom. The molecule has 1 rings (SSSR count). The van der Waals surface area contributed by atoms with Crippen LogP contribution >= 0.6 is 0 Å². The maximum atomic E-state index is 9.95.